The first kappa shape index (κ1) is 21.5. The molecule has 33 heavy (non-hydrogen) atoms. The third kappa shape index (κ3) is 3.74. The molecule has 2 heterocycles. The van der Waals surface area contributed by atoms with Crippen molar-refractivity contribution in [1.82, 2.24) is 10.2 Å². The topological polar surface area (TPSA) is 105 Å². The van der Waals surface area contributed by atoms with Crippen molar-refractivity contribution in [3.63, 3.8) is 0 Å². The van der Waals surface area contributed by atoms with Gasteiger partial charge in [-0.2, -0.15) is 0 Å². The van der Waals surface area contributed by atoms with Gasteiger partial charge in [-0.05, 0) is 28.7 Å². The standard InChI is InChI=1S/C25H26N2O6/c28-22(29)21-9-12-27(21)23(30)25(10-13-32-14-11-25)26-24(31)33-15-20-18-7-3-1-5-16(18)17-6-2-4-8-19(17)20/h1-8,20-21H,9-15H2,(H,26,31)(H,28,29). The molecule has 1 aliphatic carbocycles. The Hall–Kier alpha value is -3.39. The van der Waals surface area contributed by atoms with Gasteiger partial charge in [0.05, 0.1) is 0 Å². The summed E-state index contributed by atoms with van der Waals surface area (Å²) in [5.74, 6) is -1.49. The van der Waals surface area contributed by atoms with E-state index in [1.54, 1.807) is 0 Å². The highest BCUT2D eigenvalue weighted by Gasteiger charge is 2.49. The van der Waals surface area contributed by atoms with E-state index < -0.39 is 23.6 Å². The average molecular weight is 450 g/mol. The molecule has 0 aromatic heterocycles. The Balaban J connectivity index is 1.30. The van der Waals surface area contributed by atoms with Crippen LogP contribution in [0.15, 0.2) is 48.5 Å². The summed E-state index contributed by atoms with van der Waals surface area (Å²) < 4.78 is 11.0. The molecule has 1 atom stereocenters. The number of hydrogen-bond donors (Lipinski definition) is 2. The molecule has 8 heteroatoms. The van der Waals surface area contributed by atoms with E-state index in [0.29, 0.717) is 26.2 Å². The Morgan fingerprint density at radius 3 is 2.18 bits per heavy atom. The molecule has 1 unspecified atom stereocenters. The van der Waals surface area contributed by atoms with Crippen LogP contribution in [0.2, 0.25) is 0 Å². The lowest BCUT2D eigenvalue weighted by Crippen LogP contribution is -2.67. The van der Waals surface area contributed by atoms with Crippen LogP contribution >= 0.6 is 0 Å². The van der Waals surface area contributed by atoms with Gasteiger partial charge in [0.25, 0.3) is 0 Å². The minimum absolute atomic E-state index is 0.0868. The number of carbonyl (C=O) groups is 3. The molecule has 0 spiro atoms. The third-order valence-electron chi connectivity index (χ3n) is 7.01. The summed E-state index contributed by atoms with van der Waals surface area (Å²) in [4.78, 5) is 38.9. The van der Waals surface area contributed by atoms with E-state index in [4.69, 9.17) is 9.47 Å². The van der Waals surface area contributed by atoms with Crippen LogP contribution in [-0.2, 0) is 19.1 Å². The van der Waals surface area contributed by atoms with E-state index in [0.717, 1.165) is 22.3 Å². The Labute approximate surface area is 191 Å². The number of nitrogens with zero attached hydrogens (tertiary/aromatic N) is 1. The molecule has 0 radical (unpaired) electrons. The summed E-state index contributed by atoms with van der Waals surface area (Å²) in [6.45, 7) is 1.12. The van der Waals surface area contributed by atoms with Crippen LogP contribution in [0.4, 0.5) is 4.79 Å². The van der Waals surface area contributed by atoms with Crippen LogP contribution in [0, 0.1) is 0 Å². The molecular weight excluding hydrogens is 424 g/mol. The van der Waals surface area contributed by atoms with E-state index in [1.165, 1.54) is 4.90 Å². The van der Waals surface area contributed by atoms with Gasteiger partial charge in [-0.15, -0.1) is 0 Å². The zero-order chi connectivity index (χ0) is 23.0. The summed E-state index contributed by atoms with van der Waals surface area (Å²) in [6, 6.07) is 15.3. The minimum atomic E-state index is -1.21. The third-order valence-corrected chi connectivity index (χ3v) is 7.01. The fourth-order valence-electron chi connectivity index (χ4n) is 5.10. The molecule has 5 rings (SSSR count). The van der Waals surface area contributed by atoms with Crippen LogP contribution in [0.3, 0.4) is 0 Å². The van der Waals surface area contributed by atoms with Gasteiger partial charge >= 0.3 is 12.1 Å². The predicted molar refractivity (Wildman–Crippen MR) is 119 cm³/mol. The number of carbonyl (C=O) groups excluding carboxylic acids is 2. The summed E-state index contributed by atoms with van der Waals surface area (Å²) in [7, 11) is 0. The number of carboxylic acids is 1. The number of hydrogen-bond acceptors (Lipinski definition) is 5. The number of carboxylic acid groups (broad SMARTS) is 1. The summed E-state index contributed by atoms with van der Waals surface area (Å²) in [5, 5.41) is 12.1. The van der Waals surface area contributed by atoms with Gasteiger partial charge in [-0.1, -0.05) is 48.5 Å². The minimum Gasteiger partial charge on any atom is -0.480 e. The second-order valence-corrected chi connectivity index (χ2v) is 8.79. The molecule has 2 aromatic rings. The maximum atomic E-state index is 13.3. The first-order valence-corrected chi connectivity index (χ1v) is 11.2. The van der Waals surface area contributed by atoms with Crippen LogP contribution < -0.4 is 5.32 Å². The quantitative estimate of drug-likeness (QED) is 0.726. The van der Waals surface area contributed by atoms with Gasteiger partial charge in [0.15, 0.2) is 0 Å². The SMILES string of the molecule is O=C(NC1(C(=O)N2CCC2C(=O)O)CCOCC1)OCC1c2ccccc2-c2ccccc21. The highest BCUT2D eigenvalue weighted by Crippen LogP contribution is 2.44. The highest BCUT2D eigenvalue weighted by molar-refractivity contribution is 5.94. The first-order valence-electron chi connectivity index (χ1n) is 11.2. The summed E-state index contributed by atoms with van der Waals surface area (Å²) in [5.41, 5.74) is 3.27. The lowest BCUT2D eigenvalue weighted by atomic mass is 9.86. The van der Waals surface area contributed by atoms with Crippen molar-refractivity contribution in [2.24, 2.45) is 0 Å². The van der Waals surface area contributed by atoms with Gasteiger partial charge in [0.1, 0.15) is 18.2 Å². The molecule has 3 aliphatic rings. The lowest BCUT2D eigenvalue weighted by Gasteiger charge is -2.45. The fourth-order valence-corrected chi connectivity index (χ4v) is 5.10. The van der Waals surface area contributed by atoms with Crippen molar-refractivity contribution >= 4 is 18.0 Å². The smallest absolute Gasteiger partial charge is 0.408 e. The van der Waals surface area contributed by atoms with E-state index in [-0.39, 0.29) is 31.3 Å². The van der Waals surface area contributed by atoms with Gasteiger partial charge in [0.2, 0.25) is 5.91 Å². The highest BCUT2D eigenvalue weighted by atomic mass is 16.5. The molecule has 2 aromatic carbocycles. The number of likely N-dealkylation sites (tertiary alicyclic amines) is 1. The van der Waals surface area contributed by atoms with Crippen molar-refractivity contribution in [2.75, 3.05) is 26.4 Å². The Kier molecular flexibility index (Phi) is 5.54. The largest absolute Gasteiger partial charge is 0.480 e. The number of rotatable bonds is 5. The average Bonchev–Trinajstić information content (AvgIpc) is 3.11. The van der Waals surface area contributed by atoms with Gasteiger partial charge in [-0.25, -0.2) is 9.59 Å². The lowest BCUT2D eigenvalue weighted by molar-refractivity contribution is -0.162. The van der Waals surface area contributed by atoms with Crippen molar-refractivity contribution in [2.45, 2.75) is 36.8 Å². The molecule has 2 saturated heterocycles. The predicted octanol–water partition coefficient (Wildman–Crippen LogP) is 2.76. The van der Waals surface area contributed by atoms with Crippen molar-refractivity contribution < 1.29 is 29.0 Å². The summed E-state index contributed by atoms with van der Waals surface area (Å²) in [6.07, 6.45) is 0.288. The second kappa shape index (κ2) is 8.51. The molecule has 172 valence electrons. The first-order chi connectivity index (χ1) is 16.0. The van der Waals surface area contributed by atoms with Crippen molar-refractivity contribution in [3.05, 3.63) is 59.7 Å². The van der Waals surface area contributed by atoms with Gasteiger partial charge in [0, 0.05) is 38.5 Å². The maximum Gasteiger partial charge on any atom is 0.408 e. The van der Waals surface area contributed by atoms with Gasteiger partial charge < -0.3 is 24.8 Å². The maximum absolute atomic E-state index is 13.3. The molecular formula is C25H26N2O6. The molecule has 0 saturated carbocycles. The van der Waals surface area contributed by atoms with Gasteiger partial charge in [-0.3, -0.25) is 4.79 Å². The number of ether oxygens (including phenoxy) is 2. The Morgan fingerprint density at radius 2 is 1.64 bits per heavy atom. The zero-order valence-electron chi connectivity index (χ0n) is 18.2. The Morgan fingerprint density at radius 1 is 1.03 bits per heavy atom. The Bertz CT molecular complexity index is 1050. The number of fused-ring (bicyclic) bond motifs is 3. The van der Waals surface area contributed by atoms with Crippen LogP contribution in [0.5, 0.6) is 0 Å². The number of alkyl carbamates (subject to hydrolysis) is 1. The van der Waals surface area contributed by atoms with Crippen LogP contribution in [-0.4, -0.2) is 65.9 Å². The monoisotopic (exact) mass is 450 g/mol. The van der Waals surface area contributed by atoms with Crippen LogP contribution in [0.1, 0.15) is 36.3 Å². The number of aliphatic carboxylic acids is 1. The van der Waals surface area contributed by atoms with E-state index in [9.17, 15) is 19.5 Å². The molecule has 2 N–H and O–H groups in total. The number of benzene rings is 2. The molecule has 0 bridgehead atoms. The van der Waals surface area contributed by atoms with Crippen molar-refractivity contribution in [3.8, 4) is 11.1 Å². The normalized spacial score (nSPS) is 20.8. The van der Waals surface area contributed by atoms with E-state index in [2.05, 4.69) is 17.4 Å². The second-order valence-electron chi connectivity index (χ2n) is 8.79. The van der Waals surface area contributed by atoms with Crippen LogP contribution in [0.25, 0.3) is 11.1 Å². The zero-order valence-corrected chi connectivity index (χ0v) is 18.2. The molecule has 2 amide bonds. The fraction of sp³-hybridized carbons (Fsp3) is 0.400. The molecule has 2 fully saturated rings. The number of nitrogens with one attached hydrogen (secondary N) is 1. The summed E-state index contributed by atoms with van der Waals surface area (Å²) >= 11 is 0. The molecule has 2 aliphatic heterocycles. The number of amides is 2. The molecule has 8 nitrogen and oxygen atoms in total. The van der Waals surface area contributed by atoms with E-state index in [1.807, 2.05) is 36.4 Å². The van der Waals surface area contributed by atoms with Crippen molar-refractivity contribution in [1.29, 1.82) is 0 Å². The van der Waals surface area contributed by atoms with E-state index >= 15 is 0 Å².